The number of benzene rings is 1. The number of rotatable bonds is 2. The van der Waals surface area contributed by atoms with Crippen LogP contribution in [-0.2, 0) is 4.74 Å². The SMILES string of the molecule is CCOC(=O)N1CC[C@H]2[C@@H](C1)c1cccc3c1N2CCN3C(C)C. The second kappa shape index (κ2) is 5.87. The van der Waals surface area contributed by atoms with E-state index in [9.17, 15) is 4.79 Å². The highest BCUT2D eigenvalue weighted by Gasteiger charge is 2.46. The maximum Gasteiger partial charge on any atom is 0.409 e. The minimum absolute atomic E-state index is 0.161. The van der Waals surface area contributed by atoms with Crippen molar-refractivity contribution in [2.75, 3.05) is 42.6 Å². The Labute approximate surface area is 144 Å². The summed E-state index contributed by atoms with van der Waals surface area (Å²) in [5.74, 6) is 0.408. The first-order valence-electron chi connectivity index (χ1n) is 9.19. The number of amides is 1. The molecule has 0 saturated carbocycles. The molecule has 5 nitrogen and oxygen atoms in total. The van der Waals surface area contributed by atoms with Crippen LogP contribution in [0.1, 0.15) is 38.7 Å². The molecule has 3 heterocycles. The van der Waals surface area contributed by atoms with Gasteiger partial charge in [0.25, 0.3) is 0 Å². The van der Waals surface area contributed by atoms with Gasteiger partial charge in [0.15, 0.2) is 0 Å². The molecule has 1 aromatic rings. The molecule has 1 amide bonds. The molecule has 1 aromatic carbocycles. The van der Waals surface area contributed by atoms with Crippen LogP contribution in [0.3, 0.4) is 0 Å². The van der Waals surface area contributed by atoms with Gasteiger partial charge in [-0.3, -0.25) is 0 Å². The van der Waals surface area contributed by atoms with Crippen LogP contribution in [0.4, 0.5) is 16.2 Å². The molecule has 0 unspecified atom stereocenters. The zero-order valence-electron chi connectivity index (χ0n) is 14.9. The Kier molecular flexibility index (Phi) is 3.82. The molecule has 2 atom stereocenters. The summed E-state index contributed by atoms with van der Waals surface area (Å²) >= 11 is 0. The van der Waals surface area contributed by atoms with Gasteiger partial charge in [0.1, 0.15) is 0 Å². The van der Waals surface area contributed by atoms with Crippen LogP contribution in [0.25, 0.3) is 0 Å². The third-order valence-corrected chi connectivity index (χ3v) is 5.75. The van der Waals surface area contributed by atoms with E-state index in [0.29, 0.717) is 24.6 Å². The van der Waals surface area contributed by atoms with Gasteiger partial charge in [-0.05, 0) is 38.8 Å². The predicted octanol–water partition coefficient (Wildman–Crippen LogP) is 3.05. The van der Waals surface area contributed by atoms with Crippen LogP contribution in [0, 0.1) is 0 Å². The van der Waals surface area contributed by atoms with Crippen molar-refractivity contribution in [3.05, 3.63) is 23.8 Å². The van der Waals surface area contributed by atoms with E-state index < -0.39 is 0 Å². The Morgan fingerprint density at radius 3 is 2.88 bits per heavy atom. The van der Waals surface area contributed by atoms with E-state index in [0.717, 1.165) is 32.6 Å². The minimum Gasteiger partial charge on any atom is -0.450 e. The molecule has 0 aliphatic carbocycles. The van der Waals surface area contributed by atoms with Crippen molar-refractivity contribution in [2.24, 2.45) is 0 Å². The fraction of sp³-hybridized carbons (Fsp3) is 0.632. The van der Waals surface area contributed by atoms with Gasteiger partial charge in [0.2, 0.25) is 0 Å². The minimum atomic E-state index is -0.161. The molecule has 0 spiro atoms. The lowest BCUT2D eigenvalue weighted by Gasteiger charge is -2.43. The van der Waals surface area contributed by atoms with Gasteiger partial charge in [-0.2, -0.15) is 0 Å². The lowest BCUT2D eigenvalue weighted by Crippen LogP contribution is -2.51. The van der Waals surface area contributed by atoms with E-state index in [1.165, 1.54) is 16.9 Å². The topological polar surface area (TPSA) is 36.0 Å². The molecule has 1 saturated heterocycles. The van der Waals surface area contributed by atoms with E-state index in [1.54, 1.807) is 0 Å². The summed E-state index contributed by atoms with van der Waals surface area (Å²) in [5, 5.41) is 0. The maximum atomic E-state index is 12.2. The van der Waals surface area contributed by atoms with Gasteiger partial charge in [0, 0.05) is 44.2 Å². The smallest absolute Gasteiger partial charge is 0.409 e. The fourth-order valence-electron chi connectivity index (χ4n) is 4.71. The van der Waals surface area contributed by atoms with Crippen LogP contribution in [0.5, 0.6) is 0 Å². The summed E-state index contributed by atoms with van der Waals surface area (Å²) in [4.78, 5) is 19.2. The van der Waals surface area contributed by atoms with E-state index in [-0.39, 0.29) is 6.09 Å². The molecule has 24 heavy (non-hydrogen) atoms. The highest BCUT2D eigenvalue weighted by atomic mass is 16.6. The highest BCUT2D eigenvalue weighted by molar-refractivity contribution is 5.81. The molecule has 3 aliphatic heterocycles. The van der Waals surface area contributed by atoms with Gasteiger partial charge in [-0.25, -0.2) is 4.79 Å². The number of carbonyl (C=O) groups excluding carboxylic acids is 1. The zero-order chi connectivity index (χ0) is 16.8. The summed E-state index contributed by atoms with van der Waals surface area (Å²) in [6.07, 6.45) is 0.866. The van der Waals surface area contributed by atoms with Crippen molar-refractivity contribution in [1.29, 1.82) is 0 Å². The number of piperidine rings is 1. The maximum absolute atomic E-state index is 12.2. The average Bonchev–Trinajstić information content (AvgIpc) is 2.91. The molecule has 4 rings (SSSR count). The number of anilines is 2. The number of ether oxygens (including phenoxy) is 1. The quantitative estimate of drug-likeness (QED) is 0.835. The van der Waals surface area contributed by atoms with E-state index >= 15 is 0 Å². The first-order valence-corrected chi connectivity index (χ1v) is 9.19. The summed E-state index contributed by atoms with van der Waals surface area (Å²) in [6.45, 7) is 10.6. The number of likely N-dealkylation sites (tertiary alicyclic amines) is 1. The van der Waals surface area contributed by atoms with E-state index in [1.807, 2.05) is 11.8 Å². The van der Waals surface area contributed by atoms with Crippen molar-refractivity contribution >= 4 is 17.5 Å². The van der Waals surface area contributed by atoms with Crippen LogP contribution in [-0.4, -0.2) is 55.9 Å². The van der Waals surface area contributed by atoms with E-state index in [2.05, 4.69) is 41.8 Å². The fourth-order valence-corrected chi connectivity index (χ4v) is 4.71. The number of hydrogen-bond donors (Lipinski definition) is 0. The molecule has 0 N–H and O–H groups in total. The normalized spacial score (nSPS) is 24.9. The predicted molar refractivity (Wildman–Crippen MR) is 96.0 cm³/mol. The van der Waals surface area contributed by atoms with Crippen molar-refractivity contribution in [3.8, 4) is 0 Å². The lowest BCUT2D eigenvalue weighted by molar-refractivity contribution is 0.0934. The Balaban J connectivity index is 1.67. The van der Waals surface area contributed by atoms with Crippen molar-refractivity contribution in [2.45, 2.75) is 45.2 Å². The Hall–Kier alpha value is -1.91. The number of hydrogen-bond acceptors (Lipinski definition) is 4. The molecular weight excluding hydrogens is 302 g/mol. The molecule has 3 aliphatic rings. The first-order chi connectivity index (χ1) is 11.6. The Morgan fingerprint density at radius 1 is 1.29 bits per heavy atom. The monoisotopic (exact) mass is 329 g/mol. The van der Waals surface area contributed by atoms with Crippen LogP contribution in [0.15, 0.2) is 18.2 Å². The second-order valence-corrected chi connectivity index (χ2v) is 7.30. The summed E-state index contributed by atoms with van der Waals surface area (Å²) in [7, 11) is 0. The number of fused-ring (bicyclic) bond motifs is 3. The first kappa shape index (κ1) is 15.6. The summed E-state index contributed by atoms with van der Waals surface area (Å²) in [6, 6.07) is 7.73. The third-order valence-electron chi connectivity index (χ3n) is 5.75. The van der Waals surface area contributed by atoms with Crippen molar-refractivity contribution in [1.82, 2.24) is 4.90 Å². The number of carbonyl (C=O) groups is 1. The zero-order valence-corrected chi connectivity index (χ0v) is 14.9. The molecule has 1 fully saturated rings. The largest absolute Gasteiger partial charge is 0.450 e. The van der Waals surface area contributed by atoms with Crippen molar-refractivity contribution in [3.63, 3.8) is 0 Å². The number of nitrogens with zero attached hydrogens (tertiary/aromatic N) is 3. The Morgan fingerprint density at radius 2 is 2.12 bits per heavy atom. The highest BCUT2D eigenvalue weighted by Crippen LogP contribution is 2.50. The van der Waals surface area contributed by atoms with Crippen molar-refractivity contribution < 1.29 is 9.53 Å². The molecular formula is C19H27N3O2. The third kappa shape index (κ3) is 2.25. The molecule has 0 bridgehead atoms. The summed E-state index contributed by atoms with van der Waals surface area (Å²) in [5.41, 5.74) is 4.20. The molecule has 0 radical (unpaired) electrons. The lowest BCUT2D eigenvalue weighted by atomic mass is 9.89. The van der Waals surface area contributed by atoms with Gasteiger partial charge in [0.05, 0.1) is 18.0 Å². The van der Waals surface area contributed by atoms with Gasteiger partial charge >= 0.3 is 6.09 Å². The molecule has 5 heteroatoms. The molecule has 0 aromatic heterocycles. The standard InChI is InChI=1S/C19H27N3O2/c1-4-24-19(23)20-9-8-16-15(12-20)14-6-5-7-17-18(14)22(16)11-10-21(17)13(2)3/h5-7,13,15-16H,4,8-12H2,1-3H3/t15-,16-/m0/s1. The average molecular weight is 329 g/mol. The van der Waals surface area contributed by atoms with Gasteiger partial charge in [-0.1, -0.05) is 12.1 Å². The number of para-hydroxylation sites is 1. The van der Waals surface area contributed by atoms with Gasteiger partial charge in [-0.15, -0.1) is 0 Å². The van der Waals surface area contributed by atoms with Gasteiger partial charge < -0.3 is 19.4 Å². The second-order valence-electron chi connectivity index (χ2n) is 7.30. The van der Waals surface area contributed by atoms with Crippen LogP contribution >= 0.6 is 0 Å². The Bertz CT molecular complexity index is 645. The van der Waals surface area contributed by atoms with Crippen LogP contribution in [0.2, 0.25) is 0 Å². The van der Waals surface area contributed by atoms with Crippen LogP contribution < -0.4 is 9.80 Å². The van der Waals surface area contributed by atoms with E-state index in [4.69, 9.17) is 4.74 Å². The molecule has 130 valence electrons. The summed E-state index contributed by atoms with van der Waals surface area (Å²) < 4.78 is 5.22.